The van der Waals surface area contributed by atoms with E-state index in [1.54, 1.807) is 0 Å². The van der Waals surface area contributed by atoms with Crippen LogP contribution in [0, 0.1) is 37.8 Å². The van der Waals surface area contributed by atoms with Gasteiger partial charge in [-0.25, -0.2) is 0 Å². The van der Waals surface area contributed by atoms with Gasteiger partial charge in [-0.15, -0.1) is 0 Å². The van der Waals surface area contributed by atoms with E-state index in [1.165, 1.54) is 0 Å². The summed E-state index contributed by atoms with van der Waals surface area (Å²) in [6.45, 7) is 7.30. The maximum absolute atomic E-state index is 12.4. The molecule has 0 heterocycles. The van der Waals surface area contributed by atoms with Gasteiger partial charge in [0.05, 0.1) is 10.6 Å². The van der Waals surface area contributed by atoms with E-state index < -0.39 is 0 Å². The Hall–Kier alpha value is -2.20. The summed E-state index contributed by atoms with van der Waals surface area (Å²) in [4.78, 5) is 12.9. The van der Waals surface area contributed by atoms with E-state index in [-0.39, 0.29) is 0 Å². The lowest BCUT2D eigenvalue weighted by atomic mass is 10.1. The molecule has 0 saturated carbocycles. The predicted octanol–water partition coefficient (Wildman–Crippen LogP) is 4.25. The van der Waals surface area contributed by atoms with Crippen molar-refractivity contribution in [2.45, 2.75) is 27.7 Å². The highest BCUT2D eigenvalue weighted by Crippen LogP contribution is 2.29. The van der Waals surface area contributed by atoms with Crippen molar-refractivity contribution in [2.24, 2.45) is 0 Å². The first-order chi connectivity index (χ1) is 9.43. The summed E-state index contributed by atoms with van der Waals surface area (Å²) in [7, 11) is 0. The quantitative estimate of drug-likeness (QED) is 0.618. The summed E-state index contributed by atoms with van der Waals surface area (Å²) in [6, 6.07) is 11.0. The number of aryl methyl sites for hydroxylation is 4. The van der Waals surface area contributed by atoms with Crippen LogP contribution in [0.15, 0.2) is 36.4 Å². The van der Waals surface area contributed by atoms with E-state index in [4.69, 9.17) is 0 Å². The van der Waals surface area contributed by atoms with Gasteiger partial charge >= 0.3 is 0 Å². The highest BCUT2D eigenvalue weighted by molar-refractivity contribution is 5.58. The second-order valence-electron chi connectivity index (χ2n) is 5.03. The Morgan fingerprint density at radius 1 is 0.850 bits per heavy atom. The van der Waals surface area contributed by atoms with Crippen LogP contribution in [0.25, 0.3) is 0 Å². The average molecular weight is 270 g/mol. The number of nitroso groups, excluding NO2 is 1. The van der Waals surface area contributed by atoms with Crippen molar-refractivity contribution >= 4 is 11.4 Å². The molecule has 0 unspecified atom stereocenters. The SMILES string of the molecule is Cc1cccc(C)c1N([O-])[N+](=O)c1c(C)cccc1C. The van der Waals surface area contributed by atoms with E-state index >= 15 is 0 Å². The van der Waals surface area contributed by atoms with Gasteiger partial charge in [-0.3, -0.25) is 0 Å². The molecule has 4 heteroatoms. The molecule has 0 amide bonds. The normalized spacial score (nSPS) is 10.4. The lowest BCUT2D eigenvalue weighted by Crippen LogP contribution is -2.26. The number of para-hydroxylation sites is 2. The minimum atomic E-state index is 0.408. The van der Waals surface area contributed by atoms with Crippen molar-refractivity contribution in [3.8, 4) is 0 Å². The Balaban J connectivity index is 2.49. The molecule has 0 aromatic heterocycles. The van der Waals surface area contributed by atoms with Crippen LogP contribution in [0.4, 0.5) is 11.4 Å². The molecule has 0 N–H and O–H groups in total. The van der Waals surface area contributed by atoms with E-state index in [2.05, 4.69) is 0 Å². The molecule has 104 valence electrons. The Kier molecular flexibility index (Phi) is 3.86. The zero-order valence-electron chi connectivity index (χ0n) is 12.2. The summed E-state index contributed by atoms with van der Waals surface area (Å²) < 4.78 is 0. The minimum absolute atomic E-state index is 0.408. The summed E-state index contributed by atoms with van der Waals surface area (Å²) in [5.74, 6) is 0. The van der Waals surface area contributed by atoms with Crippen LogP contribution in [-0.2, 0) is 0 Å². The molecule has 0 aliphatic heterocycles. The first-order valence-corrected chi connectivity index (χ1v) is 6.50. The summed E-state index contributed by atoms with van der Waals surface area (Å²) in [5, 5.41) is 12.9. The van der Waals surface area contributed by atoms with Gasteiger partial charge in [0.1, 0.15) is 0 Å². The number of nitrogens with zero attached hydrogens (tertiary/aromatic N) is 2. The number of benzene rings is 2. The topological polar surface area (TPSA) is 46.4 Å². The number of hydrogen-bond donors (Lipinski definition) is 0. The third-order valence-electron chi connectivity index (χ3n) is 3.43. The number of anilines is 1. The van der Waals surface area contributed by atoms with E-state index in [0.717, 1.165) is 22.3 Å². The number of hydrazine groups is 1. The van der Waals surface area contributed by atoms with E-state index in [9.17, 15) is 10.1 Å². The molecule has 0 atom stereocenters. The number of rotatable bonds is 3. The van der Waals surface area contributed by atoms with E-state index in [0.29, 0.717) is 21.4 Å². The molecular formula is C16H18N2O2. The zero-order chi connectivity index (χ0) is 14.9. The third-order valence-corrected chi connectivity index (χ3v) is 3.43. The standard InChI is InChI=1S/C16H18N2O2/c1-11-7-5-8-12(2)15(11)17(19)18(20)16-13(3)9-6-10-14(16)4/h5-10H,1-4H3. The van der Waals surface area contributed by atoms with Crippen LogP contribution >= 0.6 is 0 Å². The monoisotopic (exact) mass is 270 g/mol. The second kappa shape index (κ2) is 5.43. The van der Waals surface area contributed by atoms with Crippen LogP contribution < -0.4 is 5.17 Å². The van der Waals surface area contributed by atoms with Gasteiger partial charge in [0.25, 0.3) is 5.69 Å². The maximum Gasteiger partial charge on any atom is 0.297 e. The first-order valence-electron chi connectivity index (χ1n) is 6.50. The molecule has 0 radical (unpaired) electrons. The van der Waals surface area contributed by atoms with Gasteiger partial charge in [-0.2, -0.15) is 5.17 Å². The van der Waals surface area contributed by atoms with Crippen molar-refractivity contribution in [1.82, 2.24) is 0 Å². The fourth-order valence-electron chi connectivity index (χ4n) is 2.40. The van der Waals surface area contributed by atoms with E-state index in [1.807, 2.05) is 64.1 Å². The Morgan fingerprint density at radius 3 is 1.70 bits per heavy atom. The van der Waals surface area contributed by atoms with Gasteiger partial charge in [0.15, 0.2) is 4.87 Å². The van der Waals surface area contributed by atoms with Gasteiger partial charge in [-0.1, -0.05) is 36.4 Å². The van der Waals surface area contributed by atoms with Crippen LogP contribution in [0.1, 0.15) is 22.3 Å². The number of hydrogen-bond acceptors (Lipinski definition) is 2. The Morgan fingerprint density at radius 2 is 1.25 bits per heavy atom. The van der Waals surface area contributed by atoms with Crippen LogP contribution in [0.5, 0.6) is 0 Å². The predicted molar refractivity (Wildman–Crippen MR) is 81.0 cm³/mol. The molecular weight excluding hydrogens is 252 g/mol. The summed E-state index contributed by atoms with van der Waals surface area (Å²) >= 11 is 0. The lowest BCUT2D eigenvalue weighted by Gasteiger charge is -2.23. The fraction of sp³-hybridized carbons (Fsp3) is 0.250. The largest absolute Gasteiger partial charge is 0.699 e. The van der Waals surface area contributed by atoms with Crippen molar-refractivity contribution in [2.75, 3.05) is 5.17 Å². The van der Waals surface area contributed by atoms with Crippen molar-refractivity contribution in [1.29, 1.82) is 0 Å². The van der Waals surface area contributed by atoms with Gasteiger partial charge in [0.2, 0.25) is 0 Å². The molecule has 20 heavy (non-hydrogen) atoms. The molecule has 4 nitrogen and oxygen atoms in total. The average Bonchev–Trinajstić information content (AvgIpc) is 2.37. The molecule has 0 aliphatic carbocycles. The summed E-state index contributed by atoms with van der Waals surface area (Å²) in [6.07, 6.45) is 0. The second-order valence-corrected chi connectivity index (χ2v) is 5.03. The molecule has 0 bridgehead atoms. The molecule has 0 fully saturated rings. The highest BCUT2D eigenvalue weighted by Gasteiger charge is 2.25. The van der Waals surface area contributed by atoms with Crippen LogP contribution in [0.2, 0.25) is 0 Å². The molecule has 2 aromatic rings. The Labute approximate surface area is 118 Å². The first kappa shape index (κ1) is 14.2. The minimum Gasteiger partial charge on any atom is -0.699 e. The molecule has 0 spiro atoms. The maximum atomic E-state index is 12.4. The molecule has 2 aromatic carbocycles. The third kappa shape index (κ3) is 2.42. The van der Waals surface area contributed by atoms with Gasteiger partial charge in [0, 0.05) is 11.1 Å². The van der Waals surface area contributed by atoms with Gasteiger partial charge < -0.3 is 5.21 Å². The molecule has 0 aliphatic rings. The lowest BCUT2D eigenvalue weighted by molar-refractivity contribution is -0.469. The fourth-order valence-corrected chi connectivity index (χ4v) is 2.40. The van der Waals surface area contributed by atoms with Crippen molar-refractivity contribution in [3.05, 3.63) is 68.8 Å². The summed E-state index contributed by atoms with van der Waals surface area (Å²) in [5.41, 5.74) is 3.95. The van der Waals surface area contributed by atoms with Crippen molar-refractivity contribution in [3.63, 3.8) is 0 Å². The highest BCUT2D eigenvalue weighted by atomic mass is 16.6. The van der Waals surface area contributed by atoms with Gasteiger partial charge in [-0.05, 0) is 38.8 Å². The van der Waals surface area contributed by atoms with Crippen LogP contribution in [-0.4, -0.2) is 4.87 Å². The Bertz CT molecular complexity index is 625. The molecule has 2 rings (SSSR count). The smallest absolute Gasteiger partial charge is 0.297 e. The van der Waals surface area contributed by atoms with Crippen LogP contribution in [0.3, 0.4) is 0 Å². The molecule has 0 saturated heterocycles. The van der Waals surface area contributed by atoms with Crippen molar-refractivity contribution < 1.29 is 4.87 Å². The zero-order valence-corrected chi connectivity index (χ0v) is 12.2.